The summed E-state index contributed by atoms with van der Waals surface area (Å²) in [5.41, 5.74) is -2.46. The highest BCUT2D eigenvalue weighted by Gasteiger charge is 2.54. The maximum atomic E-state index is 13.4. The maximum Gasteiger partial charge on any atom is 0.471 e. The van der Waals surface area contributed by atoms with Crippen molar-refractivity contribution in [1.29, 1.82) is 1.43 Å². The van der Waals surface area contributed by atoms with Gasteiger partial charge >= 0.3 is 30.1 Å². The zero-order valence-corrected chi connectivity index (χ0v) is 31.7. The molecule has 3 aromatic rings. The zero-order chi connectivity index (χ0) is 43.7. The molecule has 0 saturated heterocycles. The van der Waals surface area contributed by atoms with Crippen LogP contribution in [0.5, 0.6) is 11.5 Å². The number of unbranched alkanes of at least 4 members (excludes halogenated alkanes) is 3. The molecule has 4 amide bonds. The predicted molar refractivity (Wildman–Crippen MR) is 199 cm³/mol. The Balaban J connectivity index is 1.26. The zero-order valence-electron chi connectivity index (χ0n) is 32.7. The van der Waals surface area contributed by atoms with Crippen LogP contribution in [0, 0.1) is 0 Å². The molecular formula is C40H42F6N4O9. The lowest BCUT2D eigenvalue weighted by molar-refractivity contribution is -0.167. The largest absolute Gasteiger partial charge is 0.471 e. The van der Waals surface area contributed by atoms with Gasteiger partial charge in [-0.15, -0.1) is 0 Å². The highest BCUT2D eigenvalue weighted by molar-refractivity contribution is 6.01. The van der Waals surface area contributed by atoms with Crippen LogP contribution in [-0.2, 0) is 29.5 Å². The first-order chi connectivity index (χ1) is 28.5. The second kappa shape index (κ2) is 18.9. The molecule has 318 valence electrons. The second-order valence-corrected chi connectivity index (χ2v) is 13.8. The first-order valence-corrected chi connectivity index (χ1v) is 18.8. The van der Waals surface area contributed by atoms with Gasteiger partial charge in [-0.05, 0) is 81.0 Å². The molecule has 59 heavy (non-hydrogen) atoms. The SMILES string of the molecule is [2H]OCC(CCCCNC(=O)CCCCCNC(=O)c1ccc2c(c1)C1(OC2=O)c2ccc(NC(=O)C(F)(F)F)cc2Oc2cc(NC(=O)C(F)(F)F)ccc21)OCCC. The lowest BCUT2D eigenvalue weighted by Gasteiger charge is -2.37. The predicted octanol–water partition coefficient (Wildman–Crippen LogP) is 6.62. The number of alkyl halides is 6. The Hall–Kier alpha value is -5.69. The number of esters is 1. The fourth-order valence-electron chi connectivity index (χ4n) is 6.63. The lowest BCUT2D eigenvalue weighted by atomic mass is 9.77. The minimum absolute atomic E-state index is 0.00328. The number of amides is 4. The van der Waals surface area contributed by atoms with E-state index >= 15 is 0 Å². The van der Waals surface area contributed by atoms with Gasteiger partial charge in [-0.2, -0.15) is 26.3 Å². The Kier molecular flexibility index (Phi) is 13.8. The molecule has 1 atom stereocenters. The Morgan fingerprint density at radius 2 is 1.41 bits per heavy atom. The molecule has 0 bridgehead atoms. The summed E-state index contributed by atoms with van der Waals surface area (Å²) in [6.07, 6.45) is -5.51. The van der Waals surface area contributed by atoms with Crippen LogP contribution in [0.1, 0.15) is 95.7 Å². The van der Waals surface area contributed by atoms with E-state index in [0.717, 1.165) is 49.9 Å². The number of rotatable bonds is 19. The summed E-state index contributed by atoms with van der Waals surface area (Å²) < 4.78 is 103. The van der Waals surface area contributed by atoms with Crippen molar-refractivity contribution in [2.75, 3.05) is 36.9 Å². The van der Waals surface area contributed by atoms with Crippen molar-refractivity contribution in [2.45, 2.75) is 82.3 Å². The van der Waals surface area contributed by atoms with E-state index in [-0.39, 0.29) is 75.9 Å². The van der Waals surface area contributed by atoms with Gasteiger partial charge in [-0.1, -0.05) is 13.3 Å². The second-order valence-electron chi connectivity index (χ2n) is 13.8. The van der Waals surface area contributed by atoms with Crippen LogP contribution in [0.15, 0.2) is 54.6 Å². The van der Waals surface area contributed by atoms with E-state index in [1.165, 1.54) is 30.3 Å². The Morgan fingerprint density at radius 3 is 2.00 bits per heavy atom. The van der Waals surface area contributed by atoms with Gasteiger partial charge < -0.3 is 40.6 Å². The number of halogens is 6. The normalized spacial score (nSPS) is 14.5. The molecule has 0 fully saturated rings. The number of fused-ring (bicyclic) bond motifs is 6. The molecule has 1 spiro atoms. The third kappa shape index (κ3) is 10.7. The molecule has 5 N–H and O–H groups in total. The van der Waals surface area contributed by atoms with Crippen molar-refractivity contribution in [3.63, 3.8) is 0 Å². The van der Waals surface area contributed by atoms with Crippen LogP contribution in [0.3, 0.4) is 0 Å². The number of aliphatic hydroxyl groups is 1. The summed E-state index contributed by atoms with van der Waals surface area (Å²) in [7, 11) is 0. The molecule has 0 saturated carbocycles. The molecule has 3 aromatic carbocycles. The van der Waals surface area contributed by atoms with Gasteiger partial charge in [0.15, 0.2) is 5.60 Å². The molecule has 1 unspecified atom stereocenters. The number of benzene rings is 3. The molecule has 0 radical (unpaired) electrons. The van der Waals surface area contributed by atoms with Crippen molar-refractivity contribution >= 4 is 41.0 Å². The molecule has 2 aliphatic rings. The van der Waals surface area contributed by atoms with Gasteiger partial charge in [0.05, 0.1) is 18.3 Å². The number of carbonyl (C=O) groups excluding carboxylic acids is 5. The van der Waals surface area contributed by atoms with Gasteiger partial charge in [0.2, 0.25) is 7.34 Å². The van der Waals surface area contributed by atoms with E-state index in [9.17, 15) is 50.3 Å². The van der Waals surface area contributed by atoms with Crippen LogP contribution in [-0.4, -0.2) is 80.9 Å². The molecular weight excluding hydrogens is 794 g/mol. The van der Waals surface area contributed by atoms with Crippen LogP contribution in [0.2, 0.25) is 0 Å². The summed E-state index contributed by atoms with van der Waals surface area (Å²) in [6, 6.07) is 10.8. The number of carbonyl (C=O) groups is 5. The Morgan fingerprint density at radius 1 is 0.797 bits per heavy atom. The maximum absolute atomic E-state index is 13.4. The van der Waals surface area contributed by atoms with E-state index in [2.05, 4.69) is 15.7 Å². The summed E-state index contributed by atoms with van der Waals surface area (Å²) in [5.74, 6) is -6.63. The summed E-state index contributed by atoms with van der Waals surface area (Å²) >= 11 is 0. The van der Waals surface area contributed by atoms with E-state index < -0.39 is 41.6 Å². The van der Waals surface area contributed by atoms with Crippen molar-refractivity contribution in [3.8, 4) is 11.5 Å². The van der Waals surface area contributed by atoms with Gasteiger partial charge in [0, 0.05) is 71.9 Å². The topological polar surface area (TPSA) is 181 Å². The average molecular weight is 838 g/mol. The third-order valence-corrected chi connectivity index (χ3v) is 9.48. The molecule has 0 aromatic heterocycles. The fourth-order valence-corrected chi connectivity index (χ4v) is 6.63. The number of anilines is 2. The van der Waals surface area contributed by atoms with Crippen molar-refractivity contribution < 1.29 is 69.6 Å². The monoisotopic (exact) mass is 837 g/mol. The highest BCUT2D eigenvalue weighted by atomic mass is 19.4. The smallest absolute Gasteiger partial charge is 0.456 e. The van der Waals surface area contributed by atoms with Crippen molar-refractivity contribution in [2.24, 2.45) is 0 Å². The van der Waals surface area contributed by atoms with E-state index in [1.807, 2.05) is 6.92 Å². The first-order valence-electron chi connectivity index (χ1n) is 19.2. The van der Waals surface area contributed by atoms with Crippen LogP contribution >= 0.6 is 0 Å². The standard InChI is InChI=1S/C40H42F6N4O9/c1-2-18-57-26(22-51)8-5-7-16-47-33(52)9-4-3-6-17-48-34(53)23-10-13-27-30(19-23)38(59-35(27)54)28-14-11-24(49-36(55)39(41,42)43)20-31(28)58-32-21-25(12-15-29(32)38)50-37(56)40(44,45)46/h10-15,19-21,26,51H,2-9,16-18,22H2,1H3,(H,47,52)(H,48,53)(H,49,55)(H,50,56)/i51D. The third-order valence-electron chi connectivity index (χ3n) is 9.48. The average Bonchev–Trinajstić information content (AvgIpc) is 3.48. The van der Waals surface area contributed by atoms with E-state index in [1.54, 1.807) is 10.6 Å². The van der Waals surface area contributed by atoms with E-state index in [4.69, 9.17) is 15.6 Å². The van der Waals surface area contributed by atoms with Gasteiger partial charge in [-0.25, -0.2) is 4.79 Å². The quantitative estimate of drug-likeness (QED) is 0.0504. The minimum atomic E-state index is -5.25. The Bertz CT molecular complexity index is 2000. The number of hydrogen-bond acceptors (Lipinski definition) is 9. The van der Waals surface area contributed by atoms with Crippen LogP contribution in [0.25, 0.3) is 0 Å². The number of hydrogen-bond donors (Lipinski definition) is 5. The molecule has 13 nitrogen and oxygen atoms in total. The van der Waals surface area contributed by atoms with E-state index in [0.29, 0.717) is 38.8 Å². The Labute approximate surface area is 335 Å². The van der Waals surface area contributed by atoms with Gasteiger partial charge in [0.1, 0.15) is 11.5 Å². The van der Waals surface area contributed by atoms with Crippen molar-refractivity contribution in [1.82, 2.24) is 10.6 Å². The highest BCUT2D eigenvalue weighted by Crippen LogP contribution is 2.57. The van der Waals surface area contributed by atoms with Gasteiger partial charge in [0.25, 0.3) is 5.91 Å². The summed E-state index contributed by atoms with van der Waals surface area (Å²) in [6.45, 7) is 3.51. The van der Waals surface area contributed by atoms with Crippen molar-refractivity contribution in [3.05, 3.63) is 82.4 Å². The van der Waals surface area contributed by atoms with Gasteiger partial charge in [-0.3, -0.25) is 19.2 Å². The number of nitrogens with one attached hydrogen (secondary N) is 4. The molecule has 5 rings (SSSR count). The minimum Gasteiger partial charge on any atom is -0.456 e. The number of aliphatic hydroxyl groups excluding tert-OH is 1. The first kappa shape index (κ1) is 42.9. The number of ether oxygens (including phenoxy) is 3. The molecule has 2 heterocycles. The molecule has 19 heteroatoms. The summed E-state index contributed by atoms with van der Waals surface area (Å²) in [4.78, 5) is 62.5. The fraction of sp³-hybridized carbons (Fsp3) is 0.425. The molecule has 0 aliphatic carbocycles. The van der Waals surface area contributed by atoms with Crippen LogP contribution < -0.4 is 26.0 Å². The lowest BCUT2D eigenvalue weighted by Crippen LogP contribution is -2.34. The van der Waals surface area contributed by atoms with Crippen LogP contribution in [0.4, 0.5) is 37.7 Å². The summed E-state index contributed by atoms with van der Waals surface area (Å²) in [5, 5.41) is 13.5. The molecule has 2 aliphatic heterocycles.